The fraction of sp³-hybridized carbons (Fsp3) is 0.467. The van der Waals surface area contributed by atoms with Gasteiger partial charge in [0.05, 0.1) is 0 Å². The summed E-state index contributed by atoms with van der Waals surface area (Å²) in [5.41, 5.74) is 11.1. The predicted octanol–water partition coefficient (Wildman–Crippen LogP) is -0.928. The van der Waals surface area contributed by atoms with E-state index in [0.29, 0.717) is 0 Å². The minimum absolute atomic E-state index is 0.101. The number of primary amides is 1. The minimum Gasteiger partial charge on any atom is -0.459 e. The number of H-pyrrole nitrogens is 1. The number of ether oxygens (including phenoxy) is 4. The van der Waals surface area contributed by atoms with Crippen LogP contribution in [-0.4, -0.2) is 70.8 Å². The van der Waals surface area contributed by atoms with E-state index in [-0.39, 0.29) is 23.8 Å². The topological polar surface area (TPSA) is 170 Å². The molecule has 2 unspecified atom stereocenters. The average molecular weight is 380 g/mol. The quantitative estimate of drug-likeness (QED) is 0.514. The molecule has 4 atom stereocenters. The van der Waals surface area contributed by atoms with Crippen LogP contribution < -0.4 is 11.5 Å². The zero-order chi connectivity index (χ0) is 19.6. The first-order chi connectivity index (χ1) is 13.0. The van der Waals surface area contributed by atoms with Gasteiger partial charge in [0.25, 0.3) is 5.91 Å². The fourth-order valence-corrected chi connectivity index (χ4v) is 2.90. The lowest BCUT2D eigenvalue weighted by Gasteiger charge is -2.21. The summed E-state index contributed by atoms with van der Waals surface area (Å²) in [6.45, 7) is -0.101. The van der Waals surface area contributed by atoms with Crippen LogP contribution in [0.5, 0.6) is 0 Å². The fourth-order valence-electron chi connectivity index (χ4n) is 2.90. The van der Waals surface area contributed by atoms with Gasteiger partial charge >= 0.3 is 5.97 Å². The van der Waals surface area contributed by atoms with Crippen LogP contribution in [0.2, 0.25) is 0 Å². The predicted molar refractivity (Wildman–Crippen MR) is 89.5 cm³/mol. The summed E-state index contributed by atoms with van der Waals surface area (Å²) in [5.74, 6) is -1.30. The number of nitrogens with one attached hydrogen (secondary N) is 1. The lowest BCUT2D eigenvalue weighted by molar-refractivity contribution is -0.0694. The van der Waals surface area contributed by atoms with Crippen LogP contribution in [0.3, 0.4) is 0 Å². The summed E-state index contributed by atoms with van der Waals surface area (Å²) in [6, 6.07) is 1.52. The van der Waals surface area contributed by atoms with Crippen molar-refractivity contribution in [2.24, 2.45) is 5.73 Å². The first-order valence-corrected chi connectivity index (χ1v) is 7.98. The van der Waals surface area contributed by atoms with Crippen molar-refractivity contribution in [3.8, 4) is 0 Å². The molecule has 1 amide bonds. The van der Waals surface area contributed by atoms with Crippen LogP contribution in [0.15, 0.2) is 18.6 Å². The third-order valence-corrected chi connectivity index (χ3v) is 4.20. The maximum Gasteiger partial charge on any atom is 0.341 e. The van der Waals surface area contributed by atoms with Crippen molar-refractivity contribution >= 4 is 17.7 Å². The molecule has 0 spiro atoms. The molecule has 0 aliphatic carbocycles. The van der Waals surface area contributed by atoms with E-state index in [4.69, 9.17) is 30.4 Å². The van der Waals surface area contributed by atoms with Gasteiger partial charge < -0.3 is 35.4 Å². The van der Waals surface area contributed by atoms with Crippen molar-refractivity contribution in [2.45, 2.75) is 24.5 Å². The first kappa shape index (κ1) is 18.8. The number of nitrogen functional groups attached to an aromatic ring is 1. The molecule has 0 aromatic carbocycles. The maximum absolute atomic E-state index is 12.1. The molecule has 146 valence electrons. The smallest absolute Gasteiger partial charge is 0.341 e. The highest BCUT2D eigenvalue weighted by Gasteiger charge is 2.47. The Kier molecular flexibility index (Phi) is 5.39. The molecule has 0 bridgehead atoms. The molecule has 3 rings (SSSR count). The Hall–Kier alpha value is -2.96. The van der Waals surface area contributed by atoms with Gasteiger partial charge in [0.1, 0.15) is 42.6 Å². The molecule has 1 aliphatic heterocycles. The van der Waals surface area contributed by atoms with E-state index in [9.17, 15) is 9.59 Å². The van der Waals surface area contributed by atoms with Crippen LogP contribution in [0.1, 0.15) is 27.2 Å². The molecule has 0 radical (unpaired) electrons. The number of hydrogen-bond acceptors (Lipinski definition) is 9. The van der Waals surface area contributed by atoms with E-state index in [2.05, 4.69) is 15.1 Å². The second-order valence-electron chi connectivity index (χ2n) is 5.78. The molecule has 5 N–H and O–H groups in total. The normalized spacial score (nSPS) is 24.8. The number of nitrogens with zero attached hydrogens (tertiary/aromatic N) is 3. The number of aromatic nitrogens is 4. The van der Waals surface area contributed by atoms with E-state index in [1.165, 1.54) is 37.5 Å². The van der Waals surface area contributed by atoms with Crippen LogP contribution in [-0.2, 0) is 18.9 Å². The van der Waals surface area contributed by atoms with Gasteiger partial charge in [-0.25, -0.2) is 14.5 Å². The Balaban J connectivity index is 1.72. The molecular weight excluding hydrogens is 360 g/mol. The lowest BCUT2D eigenvalue weighted by Crippen LogP contribution is -2.37. The second-order valence-corrected chi connectivity index (χ2v) is 5.78. The Labute approximate surface area is 153 Å². The number of carbonyl (C=O) groups is 2. The second kappa shape index (κ2) is 7.73. The van der Waals surface area contributed by atoms with Crippen molar-refractivity contribution in [2.75, 3.05) is 26.6 Å². The highest BCUT2D eigenvalue weighted by molar-refractivity contribution is 5.94. The zero-order valence-corrected chi connectivity index (χ0v) is 14.7. The van der Waals surface area contributed by atoms with Crippen molar-refractivity contribution in [1.29, 1.82) is 0 Å². The van der Waals surface area contributed by atoms with Gasteiger partial charge in [-0.2, -0.15) is 0 Å². The van der Waals surface area contributed by atoms with Crippen LogP contribution in [0, 0.1) is 0 Å². The van der Waals surface area contributed by atoms with Crippen LogP contribution >= 0.6 is 0 Å². The maximum atomic E-state index is 12.1. The average Bonchev–Trinajstić information content (AvgIpc) is 3.36. The van der Waals surface area contributed by atoms with E-state index < -0.39 is 36.4 Å². The van der Waals surface area contributed by atoms with Crippen molar-refractivity contribution in [1.82, 2.24) is 19.7 Å². The number of nitrogens with two attached hydrogens (primary N) is 2. The molecule has 27 heavy (non-hydrogen) atoms. The van der Waals surface area contributed by atoms with Crippen LogP contribution in [0.25, 0.3) is 0 Å². The largest absolute Gasteiger partial charge is 0.459 e. The summed E-state index contributed by atoms with van der Waals surface area (Å²) >= 11 is 0. The van der Waals surface area contributed by atoms with Gasteiger partial charge in [-0.05, 0) is 6.07 Å². The molecule has 0 saturated carbocycles. The molecule has 2 aromatic rings. The summed E-state index contributed by atoms with van der Waals surface area (Å²) in [5, 5.41) is 3.98. The van der Waals surface area contributed by atoms with Crippen molar-refractivity contribution < 1.29 is 28.5 Å². The number of carbonyl (C=O) groups excluding carboxylic acids is 2. The SMILES string of the molecule is COC1C(OC)[C@@H](COC(=O)c2cc[nH]c2N)O[C@H]1n1cnc(C(N)=O)n1. The minimum atomic E-state index is -0.765. The van der Waals surface area contributed by atoms with Crippen molar-refractivity contribution in [3.63, 3.8) is 0 Å². The van der Waals surface area contributed by atoms with E-state index in [1.54, 1.807) is 0 Å². The van der Waals surface area contributed by atoms with E-state index in [1.807, 2.05) is 0 Å². The molecule has 2 aromatic heterocycles. The van der Waals surface area contributed by atoms with Crippen molar-refractivity contribution in [3.05, 3.63) is 30.0 Å². The molecule has 1 fully saturated rings. The third-order valence-electron chi connectivity index (χ3n) is 4.20. The summed E-state index contributed by atoms with van der Waals surface area (Å²) < 4.78 is 23.4. The summed E-state index contributed by atoms with van der Waals surface area (Å²) in [7, 11) is 2.96. The standard InChI is InChI=1S/C15H20N6O6/c1-24-9-8(5-26-15(23)7-3-4-18-11(7)16)27-14(10(9)25-2)21-6-19-13(20-21)12(17)22/h3-4,6,8-10,14,18H,5,16H2,1-2H3,(H2,17,22)/t8-,9?,10?,14-/m1/s1. The Morgan fingerprint density at radius 3 is 2.63 bits per heavy atom. The highest BCUT2D eigenvalue weighted by atomic mass is 16.6. The number of aromatic amines is 1. The Morgan fingerprint density at radius 1 is 1.33 bits per heavy atom. The van der Waals surface area contributed by atoms with Gasteiger partial charge in [0.15, 0.2) is 6.23 Å². The number of methoxy groups -OCH3 is 2. The highest BCUT2D eigenvalue weighted by Crippen LogP contribution is 2.33. The Morgan fingerprint density at radius 2 is 2.07 bits per heavy atom. The molecule has 12 nitrogen and oxygen atoms in total. The van der Waals surface area contributed by atoms with E-state index in [0.717, 1.165) is 0 Å². The molecule has 12 heteroatoms. The lowest BCUT2D eigenvalue weighted by atomic mass is 10.1. The number of esters is 1. The molecule has 1 saturated heterocycles. The zero-order valence-electron chi connectivity index (χ0n) is 14.7. The number of rotatable bonds is 7. The van der Waals surface area contributed by atoms with Crippen LogP contribution in [0.4, 0.5) is 5.82 Å². The first-order valence-electron chi connectivity index (χ1n) is 7.98. The molecule has 3 heterocycles. The van der Waals surface area contributed by atoms with E-state index >= 15 is 0 Å². The van der Waals surface area contributed by atoms with Gasteiger partial charge in [-0.1, -0.05) is 0 Å². The number of anilines is 1. The third kappa shape index (κ3) is 3.63. The molecular formula is C15H20N6O6. The summed E-state index contributed by atoms with van der Waals surface area (Å²) in [6.07, 6.45) is 0.305. The molecule has 1 aliphatic rings. The summed E-state index contributed by atoms with van der Waals surface area (Å²) in [4.78, 5) is 29.8. The van der Waals surface area contributed by atoms with Gasteiger partial charge in [-0.15, -0.1) is 5.10 Å². The van der Waals surface area contributed by atoms with Gasteiger partial charge in [0.2, 0.25) is 5.82 Å². The number of amides is 1. The Bertz CT molecular complexity index is 819. The monoisotopic (exact) mass is 380 g/mol. The van der Waals surface area contributed by atoms with Gasteiger partial charge in [-0.3, -0.25) is 4.79 Å². The number of hydrogen-bond donors (Lipinski definition) is 3. The van der Waals surface area contributed by atoms with Gasteiger partial charge in [0, 0.05) is 20.4 Å².